The SMILES string of the molecule is CCONN(C=O)OCC. The molecule has 5 nitrogen and oxygen atoms in total. The Morgan fingerprint density at radius 1 is 1.50 bits per heavy atom. The molecule has 60 valence electrons. The van der Waals surface area contributed by atoms with Gasteiger partial charge in [-0.25, -0.2) is 0 Å². The topological polar surface area (TPSA) is 50.8 Å². The lowest BCUT2D eigenvalue weighted by Crippen LogP contribution is -2.36. The Morgan fingerprint density at radius 3 is 2.60 bits per heavy atom. The molecule has 0 rings (SSSR count). The largest absolute Gasteiger partial charge is 0.280 e. The second kappa shape index (κ2) is 6.47. The molecule has 1 N–H and O–H groups in total. The van der Waals surface area contributed by atoms with Gasteiger partial charge in [0.15, 0.2) is 0 Å². The van der Waals surface area contributed by atoms with Gasteiger partial charge in [-0.05, 0) is 13.8 Å². The summed E-state index contributed by atoms with van der Waals surface area (Å²) in [6.07, 6.45) is 0.485. The van der Waals surface area contributed by atoms with E-state index >= 15 is 0 Å². The van der Waals surface area contributed by atoms with Gasteiger partial charge in [0.1, 0.15) is 0 Å². The van der Waals surface area contributed by atoms with Gasteiger partial charge >= 0.3 is 0 Å². The Kier molecular flexibility index (Phi) is 6.05. The van der Waals surface area contributed by atoms with Gasteiger partial charge in [-0.3, -0.25) is 14.5 Å². The number of hydrazine groups is 1. The molecule has 0 bridgehead atoms. The standard InChI is InChI=1S/C5H12N2O3/c1-3-9-6-7(5-8)10-4-2/h5-6H,3-4H2,1-2H3. The molecule has 0 saturated heterocycles. The van der Waals surface area contributed by atoms with Gasteiger partial charge in [0.2, 0.25) is 0 Å². The highest BCUT2D eigenvalue weighted by atomic mass is 16.8. The molecule has 0 aromatic heterocycles. The highest BCUT2D eigenvalue weighted by Gasteiger charge is 1.96. The van der Waals surface area contributed by atoms with Crippen LogP contribution >= 0.6 is 0 Å². The van der Waals surface area contributed by atoms with Crippen molar-refractivity contribution in [3.05, 3.63) is 0 Å². The molecule has 10 heavy (non-hydrogen) atoms. The third kappa shape index (κ3) is 4.25. The van der Waals surface area contributed by atoms with Crippen LogP contribution in [0.25, 0.3) is 0 Å². The van der Waals surface area contributed by atoms with Crippen LogP contribution in [-0.2, 0) is 14.5 Å². The maximum atomic E-state index is 10.1. The summed E-state index contributed by atoms with van der Waals surface area (Å²) in [5.74, 6) is 0. The summed E-state index contributed by atoms with van der Waals surface area (Å²) in [5, 5.41) is 0.865. The average molecular weight is 148 g/mol. The minimum absolute atomic E-state index is 0.415. The highest BCUT2D eigenvalue weighted by molar-refractivity contribution is 5.43. The van der Waals surface area contributed by atoms with Gasteiger partial charge in [0.25, 0.3) is 6.41 Å². The Morgan fingerprint density at radius 2 is 2.20 bits per heavy atom. The zero-order chi connectivity index (χ0) is 7.82. The van der Waals surface area contributed by atoms with Gasteiger partial charge in [0.05, 0.1) is 13.2 Å². The van der Waals surface area contributed by atoms with Crippen LogP contribution in [0.2, 0.25) is 0 Å². The maximum absolute atomic E-state index is 10.1. The van der Waals surface area contributed by atoms with Gasteiger partial charge in [-0.15, -0.1) is 5.17 Å². The minimum atomic E-state index is 0.415. The predicted octanol–water partition coefficient (Wildman–Crippen LogP) is -0.148. The van der Waals surface area contributed by atoms with E-state index in [4.69, 9.17) is 4.84 Å². The molecule has 0 radical (unpaired) electrons. The summed E-state index contributed by atoms with van der Waals surface area (Å²) in [6.45, 7) is 4.45. The summed E-state index contributed by atoms with van der Waals surface area (Å²) in [5.41, 5.74) is 2.26. The number of carbonyl (C=O) groups excluding carboxylic acids is 1. The summed E-state index contributed by atoms with van der Waals surface area (Å²) >= 11 is 0. The van der Waals surface area contributed by atoms with E-state index in [0.717, 1.165) is 5.17 Å². The van der Waals surface area contributed by atoms with Crippen molar-refractivity contribution < 1.29 is 14.5 Å². The van der Waals surface area contributed by atoms with Gasteiger partial charge < -0.3 is 0 Å². The summed E-state index contributed by atoms with van der Waals surface area (Å²) in [6, 6.07) is 0. The number of nitrogens with zero attached hydrogens (tertiary/aromatic N) is 1. The molecule has 0 atom stereocenters. The Balaban J connectivity index is 3.29. The number of hydroxylamine groups is 1. The molecule has 0 unspecified atom stereocenters. The minimum Gasteiger partial charge on any atom is -0.280 e. The first-order chi connectivity index (χ1) is 4.85. The maximum Gasteiger partial charge on any atom is 0.251 e. The van der Waals surface area contributed by atoms with Crippen LogP contribution in [0.1, 0.15) is 13.8 Å². The van der Waals surface area contributed by atoms with E-state index in [1.54, 1.807) is 13.8 Å². The van der Waals surface area contributed by atoms with Crippen molar-refractivity contribution in [2.24, 2.45) is 0 Å². The molecule has 5 heteroatoms. The van der Waals surface area contributed by atoms with E-state index in [1.807, 2.05) is 0 Å². The molecule has 0 heterocycles. The number of hydrogen-bond acceptors (Lipinski definition) is 4. The smallest absolute Gasteiger partial charge is 0.251 e. The number of hydrogen-bond donors (Lipinski definition) is 1. The van der Waals surface area contributed by atoms with E-state index in [0.29, 0.717) is 19.6 Å². The normalized spacial score (nSPS) is 9.40. The molecular weight excluding hydrogens is 136 g/mol. The van der Waals surface area contributed by atoms with E-state index in [-0.39, 0.29) is 0 Å². The van der Waals surface area contributed by atoms with Crippen LogP contribution in [0.3, 0.4) is 0 Å². The molecule has 0 aliphatic heterocycles. The first kappa shape index (κ1) is 9.35. The number of amides is 1. The second-order valence-corrected chi connectivity index (χ2v) is 1.37. The first-order valence-electron chi connectivity index (χ1n) is 3.10. The van der Waals surface area contributed by atoms with Crippen molar-refractivity contribution in [2.75, 3.05) is 13.2 Å². The third-order valence-corrected chi connectivity index (χ3v) is 0.663. The van der Waals surface area contributed by atoms with Crippen molar-refractivity contribution >= 4 is 6.41 Å². The van der Waals surface area contributed by atoms with Crippen LogP contribution in [0.5, 0.6) is 0 Å². The molecule has 0 aromatic carbocycles. The predicted molar refractivity (Wildman–Crippen MR) is 34.3 cm³/mol. The summed E-state index contributed by atoms with van der Waals surface area (Å²) in [7, 11) is 0. The fraction of sp³-hybridized carbons (Fsp3) is 0.800. The average Bonchev–Trinajstić information content (AvgIpc) is 1.98. The highest BCUT2D eigenvalue weighted by Crippen LogP contribution is 1.78. The number of carbonyl (C=O) groups is 1. The number of nitrogens with one attached hydrogen (secondary N) is 1. The Hall–Kier alpha value is -0.650. The van der Waals surface area contributed by atoms with Crippen LogP contribution in [0.15, 0.2) is 0 Å². The van der Waals surface area contributed by atoms with Crippen LogP contribution in [0, 0.1) is 0 Å². The van der Waals surface area contributed by atoms with Crippen molar-refractivity contribution in [1.29, 1.82) is 0 Å². The van der Waals surface area contributed by atoms with Crippen LogP contribution in [-0.4, -0.2) is 24.8 Å². The van der Waals surface area contributed by atoms with Crippen molar-refractivity contribution in [3.8, 4) is 0 Å². The Labute approximate surface area is 59.8 Å². The van der Waals surface area contributed by atoms with E-state index in [9.17, 15) is 4.79 Å². The lowest BCUT2D eigenvalue weighted by atomic mass is 10.9. The molecule has 0 saturated carbocycles. The fourth-order valence-corrected chi connectivity index (χ4v) is 0.346. The molecule has 1 amide bonds. The lowest BCUT2D eigenvalue weighted by molar-refractivity contribution is -0.247. The van der Waals surface area contributed by atoms with Crippen LogP contribution in [0.4, 0.5) is 0 Å². The first-order valence-corrected chi connectivity index (χ1v) is 3.10. The van der Waals surface area contributed by atoms with Gasteiger partial charge in [0, 0.05) is 0 Å². The molecule has 0 spiro atoms. The quantitative estimate of drug-likeness (QED) is 0.420. The van der Waals surface area contributed by atoms with Crippen LogP contribution < -0.4 is 5.59 Å². The molecule has 0 aliphatic carbocycles. The van der Waals surface area contributed by atoms with E-state index < -0.39 is 0 Å². The summed E-state index contributed by atoms with van der Waals surface area (Å²) < 4.78 is 0. The molecule has 0 fully saturated rings. The van der Waals surface area contributed by atoms with E-state index in [1.165, 1.54) is 0 Å². The third-order valence-electron chi connectivity index (χ3n) is 0.663. The van der Waals surface area contributed by atoms with Gasteiger partial charge in [-0.1, -0.05) is 5.59 Å². The zero-order valence-corrected chi connectivity index (χ0v) is 6.16. The van der Waals surface area contributed by atoms with Crippen molar-refractivity contribution in [1.82, 2.24) is 10.8 Å². The Bertz CT molecular complexity index is 89.0. The lowest BCUT2D eigenvalue weighted by Gasteiger charge is -2.14. The fourth-order valence-electron chi connectivity index (χ4n) is 0.346. The zero-order valence-electron chi connectivity index (χ0n) is 6.16. The second-order valence-electron chi connectivity index (χ2n) is 1.37. The van der Waals surface area contributed by atoms with Crippen molar-refractivity contribution in [3.63, 3.8) is 0 Å². The molecule has 0 aromatic rings. The van der Waals surface area contributed by atoms with E-state index in [2.05, 4.69) is 10.4 Å². The number of rotatable bonds is 6. The van der Waals surface area contributed by atoms with Gasteiger partial charge in [-0.2, -0.15) is 0 Å². The monoisotopic (exact) mass is 148 g/mol. The van der Waals surface area contributed by atoms with Crippen molar-refractivity contribution in [2.45, 2.75) is 13.8 Å². The molecule has 0 aliphatic rings. The summed E-state index contributed by atoms with van der Waals surface area (Å²) in [4.78, 5) is 19.4. The molecular formula is C5H12N2O3.